The van der Waals surface area contributed by atoms with E-state index in [0.717, 1.165) is 25.0 Å². The highest BCUT2D eigenvalue weighted by Crippen LogP contribution is 2.34. The Morgan fingerprint density at radius 3 is 2.56 bits per heavy atom. The van der Waals surface area contributed by atoms with E-state index < -0.39 is 17.5 Å². The first-order chi connectivity index (χ1) is 8.63. The van der Waals surface area contributed by atoms with E-state index >= 15 is 0 Å². The summed E-state index contributed by atoms with van der Waals surface area (Å²) in [5.74, 6) is -3.61. The summed E-state index contributed by atoms with van der Waals surface area (Å²) in [4.78, 5) is 0. The predicted octanol–water partition coefficient (Wildman–Crippen LogP) is 2.79. The fourth-order valence-electron chi connectivity index (χ4n) is 2.42. The lowest BCUT2D eigenvalue weighted by Gasteiger charge is -2.32. The number of halogens is 3. The second-order valence-corrected chi connectivity index (χ2v) is 4.55. The van der Waals surface area contributed by atoms with Gasteiger partial charge in [0.25, 0.3) is 0 Å². The summed E-state index contributed by atoms with van der Waals surface area (Å²) in [5.41, 5.74) is 0.367. The molecule has 1 aliphatic heterocycles. The van der Waals surface area contributed by atoms with Crippen molar-refractivity contribution in [1.29, 1.82) is 0 Å². The summed E-state index contributed by atoms with van der Waals surface area (Å²) in [6, 6.07) is 2.05. The highest BCUT2D eigenvalue weighted by Gasteiger charge is 2.28. The van der Waals surface area contributed by atoms with Gasteiger partial charge in [0, 0.05) is 19.1 Å². The highest BCUT2D eigenvalue weighted by atomic mass is 19.2. The second kappa shape index (κ2) is 5.71. The van der Waals surface area contributed by atoms with Gasteiger partial charge in [-0.3, -0.25) is 0 Å². The van der Waals surface area contributed by atoms with Gasteiger partial charge in [0.05, 0.1) is 6.10 Å². The minimum atomic E-state index is -1.43. The first-order valence-electron chi connectivity index (χ1n) is 6.04. The Morgan fingerprint density at radius 2 is 1.94 bits per heavy atom. The van der Waals surface area contributed by atoms with Crippen LogP contribution in [0, 0.1) is 23.4 Å². The van der Waals surface area contributed by atoms with E-state index in [-0.39, 0.29) is 12.0 Å². The molecule has 1 aliphatic rings. The smallest absolute Gasteiger partial charge is 0.194 e. The standard InChI is InChI=1S/C13H16F3NO/c1-17-7-8-3-2-4-18-13(8)9-5-10(14)12(16)11(15)6-9/h5-6,8,13,17H,2-4,7H2,1H3. The van der Waals surface area contributed by atoms with E-state index in [4.69, 9.17) is 4.74 Å². The monoisotopic (exact) mass is 259 g/mol. The van der Waals surface area contributed by atoms with Gasteiger partial charge in [0.15, 0.2) is 17.5 Å². The molecular weight excluding hydrogens is 243 g/mol. The number of benzene rings is 1. The predicted molar refractivity (Wildman–Crippen MR) is 61.7 cm³/mol. The molecule has 1 aromatic rings. The summed E-state index contributed by atoms with van der Waals surface area (Å²) >= 11 is 0. The average molecular weight is 259 g/mol. The van der Waals surface area contributed by atoms with Gasteiger partial charge in [-0.2, -0.15) is 0 Å². The first kappa shape index (κ1) is 13.4. The van der Waals surface area contributed by atoms with Crippen molar-refractivity contribution in [2.75, 3.05) is 20.2 Å². The van der Waals surface area contributed by atoms with Crippen LogP contribution in [-0.4, -0.2) is 20.2 Å². The maximum Gasteiger partial charge on any atom is 0.194 e. The largest absolute Gasteiger partial charge is 0.373 e. The summed E-state index contributed by atoms with van der Waals surface area (Å²) in [5, 5.41) is 3.04. The molecule has 18 heavy (non-hydrogen) atoms. The van der Waals surface area contributed by atoms with Gasteiger partial charge >= 0.3 is 0 Å². The normalized spacial score (nSPS) is 24.2. The van der Waals surface area contributed by atoms with Gasteiger partial charge in [0.1, 0.15) is 0 Å². The van der Waals surface area contributed by atoms with E-state index in [1.54, 1.807) is 0 Å². The Kier molecular flexibility index (Phi) is 4.24. The molecule has 2 rings (SSSR count). The SMILES string of the molecule is CNCC1CCCOC1c1cc(F)c(F)c(F)c1. The van der Waals surface area contributed by atoms with Crippen LogP contribution in [0.1, 0.15) is 24.5 Å². The molecule has 0 radical (unpaired) electrons. The minimum Gasteiger partial charge on any atom is -0.373 e. The maximum absolute atomic E-state index is 13.2. The molecule has 0 aliphatic carbocycles. The molecular formula is C13H16F3NO. The van der Waals surface area contributed by atoms with Crippen molar-refractivity contribution in [2.24, 2.45) is 5.92 Å². The Hall–Kier alpha value is -1.07. The fraction of sp³-hybridized carbons (Fsp3) is 0.538. The molecule has 1 aromatic carbocycles. The molecule has 0 spiro atoms. The van der Waals surface area contributed by atoms with Crippen LogP contribution in [0.15, 0.2) is 12.1 Å². The lowest BCUT2D eigenvalue weighted by Crippen LogP contribution is -2.30. The second-order valence-electron chi connectivity index (χ2n) is 4.55. The Balaban J connectivity index is 2.28. The average Bonchev–Trinajstić information content (AvgIpc) is 2.36. The van der Waals surface area contributed by atoms with E-state index in [9.17, 15) is 13.2 Å². The Labute approximate surface area is 104 Å². The van der Waals surface area contributed by atoms with Gasteiger partial charge in [-0.05, 0) is 37.6 Å². The van der Waals surface area contributed by atoms with Gasteiger partial charge in [-0.1, -0.05) is 0 Å². The van der Waals surface area contributed by atoms with Crippen molar-refractivity contribution in [2.45, 2.75) is 18.9 Å². The number of ether oxygens (including phenoxy) is 1. The molecule has 2 unspecified atom stereocenters. The molecule has 1 N–H and O–H groups in total. The van der Waals surface area contributed by atoms with Gasteiger partial charge in [0.2, 0.25) is 0 Å². The van der Waals surface area contributed by atoms with E-state index in [0.29, 0.717) is 18.7 Å². The lowest BCUT2D eigenvalue weighted by atomic mass is 9.89. The first-order valence-corrected chi connectivity index (χ1v) is 6.04. The van der Waals surface area contributed by atoms with E-state index in [2.05, 4.69) is 5.32 Å². The lowest BCUT2D eigenvalue weighted by molar-refractivity contribution is -0.0276. The van der Waals surface area contributed by atoms with Crippen molar-refractivity contribution < 1.29 is 17.9 Å². The van der Waals surface area contributed by atoms with Crippen molar-refractivity contribution >= 4 is 0 Å². The van der Waals surface area contributed by atoms with Crippen LogP contribution in [-0.2, 0) is 4.74 Å². The number of nitrogens with one attached hydrogen (secondary N) is 1. The summed E-state index contributed by atoms with van der Waals surface area (Å²) < 4.78 is 44.9. The third kappa shape index (κ3) is 2.67. The molecule has 0 amide bonds. The van der Waals surface area contributed by atoms with Crippen LogP contribution in [0.4, 0.5) is 13.2 Å². The topological polar surface area (TPSA) is 21.3 Å². The molecule has 1 fully saturated rings. The molecule has 2 atom stereocenters. The number of rotatable bonds is 3. The van der Waals surface area contributed by atoms with Crippen LogP contribution in [0.5, 0.6) is 0 Å². The molecule has 5 heteroatoms. The van der Waals surface area contributed by atoms with Crippen molar-refractivity contribution in [3.63, 3.8) is 0 Å². The maximum atomic E-state index is 13.2. The van der Waals surface area contributed by atoms with Gasteiger partial charge in [-0.25, -0.2) is 13.2 Å². The van der Waals surface area contributed by atoms with Gasteiger partial charge in [-0.15, -0.1) is 0 Å². The van der Waals surface area contributed by atoms with Crippen LogP contribution in [0.2, 0.25) is 0 Å². The zero-order valence-electron chi connectivity index (χ0n) is 10.2. The zero-order chi connectivity index (χ0) is 13.1. The Morgan fingerprint density at radius 1 is 1.28 bits per heavy atom. The van der Waals surface area contributed by atoms with Crippen molar-refractivity contribution in [3.05, 3.63) is 35.1 Å². The molecule has 1 heterocycles. The number of hydrogen-bond donors (Lipinski definition) is 1. The van der Waals surface area contributed by atoms with E-state index in [1.807, 2.05) is 7.05 Å². The third-order valence-electron chi connectivity index (χ3n) is 3.25. The molecule has 0 aromatic heterocycles. The third-order valence-corrected chi connectivity index (χ3v) is 3.25. The van der Waals surface area contributed by atoms with Crippen molar-refractivity contribution in [1.82, 2.24) is 5.32 Å². The fourth-order valence-corrected chi connectivity index (χ4v) is 2.42. The molecule has 1 saturated heterocycles. The molecule has 2 nitrogen and oxygen atoms in total. The summed E-state index contributed by atoms with van der Waals surface area (Å²) in [6.07, 6.45) is 1.47. The molecule has 100 valence electrons. The highest BCUT2D eigenvalue weighted by molar-refractivity contribution is 5.22. The molecule has 0 bridgehead atoms. The summed E-state index contributed by atoms with van der Waals surface area (Å²) in [7, 11) is 1.82. The Bertz CT molecular complexity index is 400. The minimum absolute atomic E-state index is 0.146. The van der Waals surface area contributed by atoms with E-state index in [1.165, 1.54) is 0 Å². The van der Waals surface area contributed by atoms with Crippen LogP contribution in [0.25, 0.3) is 0 Å². The zero-order valence-corrected chi connectivity index (χ0v) is 10.2. The quantitative estimate of drug-likeness (QED) is 0.843. The molecule has 0 saturated carbocycles. The van der Waals surface area contributed by atoms with Gasteiger partial charge < -0.3 is 10.1 Å². The van der Waals surface area contributed by atoms with Crippen LogP contribution in [0.3, 0.4) is 0 Å². The van der Waals surface area contributed by atoms with Crippen LogP contribution >= 0.6 is 0 Å². The number of hydrogen-bond acceptors (Lipinski definition) is 2. The van der Waals surface area contributed by atoms with Crippen LogP contribution < -0.4 is 5.32 Å². The summed E-state index contributed by atoms with van der Waals surface area (Å²) in [6.45, 7) is 1.26. The van der Waals surface area contributed by atoms with Crippen molar-refractivity contribution in [3.8, 4) is 0 Å².